The van der Waals surface area contributed by atoms with Crippen LogP contribution in [-0.2, 0) is 17.1 Å². The number of fused-ring (bicyclic) bond motifs is 1. The molecule has 0 spiro atoms. The van der Waals surface area contributed by atoms with Gasteiger partial charge in [0.1, 0.15) is 11.6 Å². The molecular formula is C22H19FN2O2S. The quantitative estimate of drug-likeness (QED) is 0.481. The predicted octanol–water partition coefficient (Wildman–Crippen LogP) is 5.31. The second-order valence-corrected chi connectivity index (χ2v) is 7.29. The van der Waals surface area contributed by atoms with Crippen molar-refractivity contribution in [3.05, 3.63) is 95.3 Å². The number of thioether (sulfide) groups is 1. The first-order valence-corrected chi connectivity index (χ1v) is 9.84. The summed E-state index contributed by atoms with van der Waals surface area (Å²) >= 11 is 1.34. The highest BCUT2D eigenvalue weighted by molar-refractivity contribution is 8.13. The van der Waals surface area contributed by atoms with Gasteiger partial charge in [-0.25, -0.2) is 9.38 Å². The van der Waals surface area contributed by atoms with Crippen molar-refractivity contribution in [2.75, 3.05) is 0 Å². The van der Waals surface area contributed by atoms with E-state index in [9.17, 15) is 4.39 Å². The molecule has 1 aliphatic rings. The molecule has 142 valence electrons. The normalized spacial score (nSPS) is 16.3. The molecule has 6 heteroatoms. The topological polar surface area (TPSA) is 56.8 Å². The molecule has 1 heterocycles. The molecule has 0 amide bonds. The van der Waals surface area contributed by atoms with Crippen molar-refractivity contribution in [2.24, 2.45) is 10.7 Å². The minimum Gasteiger partial charge on any atom is -0.460 e. The van der Waals surface area contributed by atoms with Gasteiger partial charge >= 0.3 is 0 Å². The number of ether oxygens (including phenoxy) is 2. The van der Waals surface area contributed by atoms with E-state index in [1.54, 1.807) is 0 Å². The molecular weight excluding hydrogens is 375 g/mol. The van der Waals surface area contributed by atoms with Crippen LogP contribution in [-0.4, -0.2) is 5.17 Å². The molecule has 0 saturated carbocycles. The number of amidine groups is 1. The maximum absolute atomic E-state index is 14.1. The maximum Gasteiger partial charge on any atom is 0.227 e. The SMILES string of the molecule is NC(=Nc1ccccc1)SCc1cc(F)cc2c1O[C@H](c1ccccc1)OC2. The number of rotatable bonds is 4. The Hall–Kier alpha value is -2.83. The van der Waals surface area contributed by atoms with Gasteiger partial charge in [0, 0.05) is 22.4 Å². The van der Waals surface area contributed by atoms with Gasteiger partial charge in [0.15, 0.2) is 5.17 Å². The lowest BCUT2D eigenvalue weighted by Gasteiger charge is -2.28. The van der Waals surface area contributed by atoms with E-state index in [-0.39, 0.29) is 12.4 Å². The van der Waals surface area contributed by atoms with Gasteiger partial charge < -0.3 is 15.2 Å². The fourth-order valence-electron chi connectivity index (χ4n) is 2.97. The molecule has 0 bridgehead atoms. The second kappa shape index (κ2) is 8.46. The van der Waals surface area contributed by atoms with Crippen molar-refractivity contribution >= 4 is 22.6 Å². The van der Waals surface area contributed by atoms with Crippen molar-refractivity contribution in [1.29, 1.82) is 0 Å². The predicted molar refractivity (Wildman–Crippen MR) is 110 cm³/mol. The highest BCUT2D eigenvalue weighted by Crippen LogP contribution is 2.38. The molecule has 3 aromatic rings. The molecule has 28 heavy (non-hydrogen) atoms. The van der Waals surface area contributed by atoms with Crippen LogP contribution < -0.4 is 10.5 Å². The van der Waals surface area contributed by atoms with Gasteiger partial charge in [-0.1, -0.05) is 60.3 Å². The van der Waals surface area contributed by atoms with E-state index in [1.807, 2.05) is 60.7 Å². The van der Waals surface area contributed by atoms with Crippen LogP contribution in [0.5, 0.6) is 5.75 Å². The van der Waals surface area contributed by atoms with E-state index >= 15 is 0 Å². The lowest BCUT2D eigenvalue weighted by atomic mass is 10.1. The van der Waals surface area contributed by atoms with Crippen LogP contribution in [0.15, 0.2) is 77.8 Å². The molecule has 1 aliphatic heterocycles. The Kier molecular flexibility index (Phi) is 5.60. The van der Waals surface area contributed by atoms with Crippen LogP contribution in [0.25, 0.3) is 0 Å². The van der Waals surface area contributed by atoms with Crippen LogP contribution in [0.3, 0.4) is 0 Å². The van der Waals surface area contributed by atoms with Gasteiger partial charge in [-0.2, -0.15) is 0 Å². The van der Waals surface area contributed by atoms with Crippen molar-refractivity contribution in [2.45, 2.75) is 18.6 Å². The maximum atomic E-state index is 14.1. The molecule has 0 radical (unpaired) electrons. The number of hydrogen-bond donors (Lipinski definition) is 1. The Morgan fingerprint density at radius 3 is 2.54 bits per heavy atom. The molecule has 1 atom stereocenters. The fourth-order valence-corrected chi connectivity index (χ4v) is 3.66. The van der Waals surface area contributed by atoms with Crippen LogP contribution in [0.4, 0.5) is 10.1 Å². The second-order valence-electron chi connectivity index (χ2n) is 6.30. The van der Waals surface area contributed by atoms with E-state index in [0.717, 1.165) is 16.8 Å². The van der Waals surface area contributed by atoms with Crippen LogP contribution in [0.1, 0.15) is 23.0 Å². The number of halogens is 1. The smallest absolute Gasteiger partial charge is 0.227 e. The summed E-state index contributed by atoms with van der Waals surface area (Å²) in [6.07, 6.45) is -0.516. The zero-order valence-electron chi connectivity index (χ0n) is 15.0. The van der Waals surface area contributed by atoms with Crippen LogP contribution >= 0.6 is 11.8 Å². The number of nitrogens with zero attached hydrogens (tertiary/aromatic N) is 1. The zero-order valence-corrected chi connectivity index (χ0v) is 15.9. The van der Waals surface area contributed by atoms with E-state index in [0.29, 0.717) is 22.2 Å². The Labute approximate surface area is 167 Å². The number of aliphatic imine (C=N–C) groups is 1. The number of benzene rings is 3. The summed E-state index contributed by atoms with van der Waals surface area (Å²) in [6.45, 7) is 0.290. The number of hydrogen-bond acceptors (Lipinski definition) is 4. The molecule has 0 aliphatic carbocycles. The third-order valence-electron chi connectivity index (χ3n) is 4.27. The van der Waals surface area contributed by atoms with Gasteiger partial charge in [-0.05, 0) is 24.3 Å². The Bertz CT molecular complexity index is 981. The van der Waals surface area contributed by atoms with E-state index < -0.39 is 6.29 Å². The summed E-state index contributed by atoms with van der Waals surface area (Å²) in [6, 6.07) is 22.1. The summed E-state index contributed by atoms with van der Waals surface area (Å²) in [5.41, 5.74) is 9.17. The minimum atomic E-state index is -0.516. The van der Waals surface area contributed by atoms with Gasteiger partial charge in [0.2, 0.25) is 6.29 Å². The first kappa shape index (κ1) is 18.5. The number of para-hydroxylation sites is 1. The first-order valence-electron chi connectivity index (χ1n) is 8.85. The van der Waals surface area contributed by atoms with Gasteiger partial charge in [-0.15, -0.1) is 0 Å². The van der Waals surface area contributed by atoms with Gasteiger partial charge in [0.25, 0.3) is 0 Å². The van der Waals surface area contributed by atoms with Crippen molar-refractivity contribution in [1.82, 2.24) is 0 Å². The molecule has 0 unspecified atom stereocenters. The standard InChI is InChI=1S/C22H19FN2O2S/c23-18-11-16-13-26-21(15-7-3-1-4-8-15)27-20(16)17(12-18)14-28-22(24)25-19-9-5-2-6-10-19/h1-12,21H,13-14H2,(H2,24,25)/t21-/m1/s1. The van der Waals surface area contributed by atoms with Crippen LogP contribution in [0.2, 0.25) is 0 Å². The fraction of sp³-hybridized carbons (Fsp3) is 0.136. The highest BCUT2D eigenvalue weighted by Gasteiger charge is 2.25. The van der Waals surface area contributed by atoms with Gasteiger partial charge in [0.05, 0.1) is 12.3 Å². The third kappa shape index (κ3) is 4.35. The lowest BCUT2D eigenvalue weighted by Crippen LogP contribution is -2.19. The summed E-state index contributed by atoms with van der Waals surface area (Å²) in [5.74, 6) is 0.781. The van der Waals surface area contributed by atoms with E-state index in [1.165, 1.54) is 23.9 Å². The van der Waals surface area contributed by atoms with E-state index in [4.69, 9.17) is 15.2 Å². The Balaban J connectivity index is 1.53. The highest BCUT2D eigenvalue weighted by atomic mass is 32.2. The summed E-state index contributed by atoms with van der Waals surface area (Å²) < 4.78 is 25.9. The molecule has 3 aromatic carbocycles. The largest absolute Gasteiger partial charge is 0.460 e. The average Bonchev–Trinajstić information content (AvgIpc) is 2.73. The average molecular weight is 394 g/mol. The van der Waals surface area contributed by atoms with E-state index in [2.05, 4.69) is 4.99 Å². The summed E-state index contributed by atoms with van der Waals surface area (Å²) in [5, 5.41) is 0.413. The molecule has 0 saturated heterocycles. The molecule has 4 rings (SSSR count). The zero-order chi connectivity index (χ0) is 19.3. The lowest BCUT2D eigenvalue weighted by molar-refractivity contribution is -0.112. The van der Waals surface area contributed by atoms with Crippen LogP contribution in [0, 0.1) is 5.82 Å². The molecule has 0 aromatic heterocycles. The molecule has 4 nitrogen and oxygen atoms in total. The molecule has 0 fully saturated rings. The minimum absolute atomic E-state index is 0.290. The van der Waals surface area contributed by atoms with Crippen molar-refractivity contribution < 1.29 is 13.9 Å². The Morgan fingerprint density at radius 1 is 1.07 bits per heavy atom. The Morgan fingerprint density at radius 2 is 1.79 bits per heavy atom. The molecule has 2 N–H and O–H groups in total. The van der Waals surface area contributed by atoms with Gasteiger partial charge in [-0.3, -0.25) is 0 Å². The van der Waals surface area contributed by atoms with Crippen molar-refractivity contribution in [3.8, 4) is 5.75 Å². The first-order chi connectivity index (χ1) is 13.7. The monoisotopic (exact) mass is 394 g/mol. The summed E-state index contributed by atoms with van der Waals surface area (Å²) in [4.78, 5) is 4.37. The van der Waals surface area contributed by atoms with Crippen molar-refractivity contribution in [3.63, 3.8) is 0 Å². The number of nitrogens with two attached hydrogens (primary N) is 1. The summed E-state index contributed by atoms with van der Waals surface area (Å²) in [7, 11) is 0. The third-order valence-corrected chi connectivity index (χ3v) is 5.11.